The molecule has 0 heterocycles. The Morgan fingerprint density at radius 2 is 0.927 bits per heavy atom. The van der Waals surface area contributed by atoms with Gasteiger partial charge >= 0.3 is 0 Å². The van der Waals surface area contributed by atoms with Crippen molar-refractivity contribution in [1.82, 2.24) is 0 Å². The third-order valence-electron chi connectivity index (χ3n) is 9.66. The van der Waals surface area contributed by atoms with Crippen LogP contribution in [0.4, 0.5) is 4.39 Å². The Morgan fingerprint density at radius 3 is 1.46 bits per heavy atom. The first-order chi connectivity index (χ1) is 19.4. The van der Waals surface area contributed by atoms with Crippen LogP contribution in [0, 0.1) is 5.82 Å². The minimum atomic E-state index is -0.373. The van der Waals surface area contributed by atoms with Gasteiger partial charge in [0.25, 0.3) is 0 Å². The minimum Gasteiger partial charge on any atom is -0.207 e. The van der Waals surface area contributed by atoms with Crippen LogP contribution in [0.15, 0.2) is 97.1 Å². The Kier molecular flexibility index (Phi) is 5.40. The lowest BCUT2D eigenvalue weighted by molar-refractivity contribution is 0.525. The molecule has 5 aromatic rings. The van der Waals surface area contributed by atoms with Crippen molar-refractivity contribution in [2.75, 3.05) is 0 Å². The van der Waals surface area contributed by atoms with Gasteiger partial charge < -0.3 is 0 Å². The molecule has 2 aliphatic rings. The smallest absolute Gasteiger partial charge is 0.128 e. The van der Waals surface area contributed by atoms with E-state index < -0.39 is 0 Å². The lowest BCUT2D eigenvalue weighted by Gasteiger charge is -2.27. The van der Waals surface area contributed by atoms with Crippen LogP contribution in [0.1, 0.15) is 76.3 Å². The fraction of sp³-hybridized carbons (Fsp3) is 0.250. The molecule has 0 fully saturated rings. The number of rotatable bonds is 2. The summed E-state index contributed by atoms with van der Waals surface area (Å²) >= 11 is 0. The largest absolute Gasteiger partial charge is 0.207 e. The summed E-state index contributed by atoms with van der Waals surface area (Å²) in [5.74, 6) is -0.142. The molecule has 41 heavy (non-hydrogen) atoms. The molecule has 0 radical (unpaired) electrons. The van der Waals surface area contributed by atoms with Crippen LogP contribution in [-0.2, 0) is 16.2 Å². The van der Waals surface area contributed by atoms with Gasteiger partial charge in [0.2, 0.25) is 0 Å². The van der Waals surface area contributed by atoms with Crippen molar-refractivity contribution in [2.45, 2.75) is 64.7 Å². The Balaban J connectivity index is 1.55. The summed E-state index contributed by atoms with van der Waals surface area (Å²) in [5, 5.41) is 0. The van der Waals surface area contributed by atoms with Gasteiger partial charge in [0.05, 0.1) is 0 Å². The molecule has 1 heteroatoms. The van der Waals surface area contributed by atoms with E-state index in [1.165, 1.54) is 44.5 Å². The maximum absolute atomic E-state index is 16.6. The van der Waals surface area contributed by atoms with Gasteiger partial charge in [-0.15, -0.1) is 0 Å². The zero-order chi connectivity index (χ0) is 28.9. The van der Waals surface area contributed by atoms with E-state index in [2.05, 4.69) is 139 Å². The van der Waals surface area contributed by atoms with Gasteiger partial charge in [0, 0.05) is 16.4 Å². The zero-order valence-corrected chi connectivity index (χ0v) is 25.1. The van der Waals surface area contributed by atoms with Gasteiger partial charge in [0.15, 0.2) is 0 Å². The van der Waals surface area contributed by atoms with Gasteiger partial charge in [-0.1, -0.05) is 133 Å². The standard InChI is InChI=1S/C40H37F/c1-38(2,3)37-29(26-17-13-21-33-36(26)28-15-9-11-19-31(28)40(33,6)7)22-24(23-34(37)41)25-16-12-20-32-35(25)27-14-8-10-18-30(27)39(32,4)5/h8-23H,1-7H3. The van der Waals surface area contributed by atoms with Crippen molar-refractivity contribution in [3.63, 3.8) is 0 Å². The quantitative estimate of drug-likeness (QED) is 0.210. The van der Waals surface area contributed by atoms with Crippen molar-refractivity contribution < 1.29 is 4.39 Å². The summed E-state index contributed by atoms with van der Waals surface area (Å²) in [6.45, 7) is 15.5. The maximum atomic E-state index is 16.6. The predicted molar refractivity (Wildman–Crippen MR) is 171 cm³/mol. The third kappa shape index (κ3) is 3.58. The van der Waals surface area contributed by atoms with Crippen LogP contribution in [-0.4, -0.2) is 0 Å². The molecular weight excluding hydrogens is 499 g/mol. The second-order valence-corrected chi connectivity index (χ2v) is 13.9. The van der Waals surface area contributed by atoms with E-state index in [0.29, 0.717) is 0 Å². The molecule has 2 aliphatic carbocycles. The Morgan fingerprint density at radius 1 is 0.488 bits per heavy atom. The number of fused-ring (bicyclic) bond motifs is 6. The number of hydrogen-bond acceptors (Lipinski definition) is 0. The molecule has 0 unspecified atom stereocenters. The lowest BCUT2D eigenvalue weighted by atomic mass is 9.77. The molecule has 7 rings (SSSR count). The summed E-state index contributed by atoms with van der Waals surface area (Å²) in [6, 6.07) is 34.6. The first-order valence-corrected chi connectivity index (χ1v) is 14.7. The monoisotopic (exact) mass is 536 g/mol. The first kappa shape index (κ1) is 26.0. The molecular formula is C40H37F. The van der Waals surface area contributed by atoms with Crippen molar-refractivity contribution in [3.05, 3.63) is 131 Å². The Hall–Kier alpha value is -3.97. The SMILES string of the molecule is CC(C)(C)c1c(F)cc(-c2cccc3c2-c2ccccc2C3(C)C)cc1-c1cccc2c1-c1ccccc1C2(C)C. The highest BCUT2D eigenvalue weighted by atomic mass is 19.1. The zero-order valence-electron chi connectivity index (χ0n) is 25.1. The van der Waals surface area contributed by atoms with Gasteiger partial charge in [-0.25, -0.2) is 4.39 Å². The Labute approximate surface area is 243 Å². The summed E-state index contributed by atoms with van der Waals surface area (Å²) < 4.78 is 16.6. The van der Waals surface area contributed by atoms with Crippen molar-refractivity contribution in [3.8, 4) is 44.5 Å². The van der Waals surface area contributed by atoms with Gasteiger partial charge in [0.1, 0.15) is 5.82 Å². The minimum absolute atomic E-state index is 0.107. The molecule has 0 atom stereocenters. The van der Waals surface area contributed by atoms with Crippen LogP contribution < -0.4 is 0 Å². The van der Waals surface area contributed by atoms with Gasteiger partial charge in [-0.3, -0.25) is 0 Å². The molecule has 0 amide bonds. The molecule has 0 nitrogen and oxygen atoms in total. The lowest BCUT2D eigenvalue weighted by Crippen LogP contribution is -2.16. The highest BCUT2D eigenvalue weighted by molar-refractivity contribution is 5.97. The van der Waals surface area contributed by atoms with E-state index >= 15 is 4.39 Å². The molecule has 0 bridgehead atoms. The van der Waals surface area contributed by atoms with Gasteiger partial charge in [-0.05, 0) is 84.3 Å². The van der Waals surface area contributed by atoms with E-state index in [1.54, 1.807) is 6.07 Å². The number of benzene rings is 5. The van der Waals surface area contributed by atoms with E-state index in [-0.39, 0.29) is 22.1 Å². The fourth-order valence-electron chi connectivity index (χ4n) is 7.71. The van der Waals surface area contributed by atoms with Gasteiger partial charge in [-0.2, -0.15) is 0 Å². The average molecular weight is 537 g/mol. The summed E-state index contributed by atoms with van der Waals surface area (Å²) in [4.78, 5) is 0. The molecule has 204 valence electrons. The van der Waals surface area contributed by atoms with E-state index in [4.69, 9.17) is 0 Å². The molecule has 0 aromatic heterocycles. The molecule has 0 saturated carbocycles. The second-order valence-electron chi connectivity index (χ2n) is 13.9. The van der Waals surface area contributed by atoms with Crippen molar-refractivity contribution >= 4 is 0 Å². The molecule has 0 saturated heterocycles. The highest BCUT2D eigenvalue weighted by Gasteiger charge is 2.39. The highest BCUT2D eigenvalue weighted by Crippen LogP contribution is 2.55. The Bertz CT molecular complexity index is 1880. The third-order valence-corrected chi connectivity index (χ3v) is 9.66. The number of halogens is 1. The van der Waals surface area contributed by atoms with Crippen LogP contribution in [0.3, 0.4) is 0 Å². The van der Waals surface area contributed by atoms with E-state index in [9.17, 15) is 0 Å². The van der Waals surface area contributed by atoms with Crippen LogP contribution in [0.5, 0.6) is 0 Å². The van der Waals surface area contributed by atoms with Crippen LogP contribution in [0.2, 0.25) is 0 Å². The normalized spacial score (nSPS) is 15.7. The summed E-state index contributed by atoms with van der Waals surface area (Å²) in [5.41, 5.74) is 14.5. The molecule has 0 aliphatic heterocycles. The van der Waals surface area contributed by atoms with Crippen molar-refractivity contribution in [2.24, 2.45) is 0 Å². The fourth-order valence-corrected chi connectivity index (χ4v) is 7.71. The maximum Gasteiger partial charge on any atom is 0.128 e. The summed E-state index contributed by atoms with van der Waals surface area (Å²) in [6.07, 6.45) is 0. The molecule has 0 N–H and O–H groups in total. The average Bonchev–Trinajstić information content (AvgIpc) is 3.32. The number of hydrogen-bond donors (Lipinski definition) is 0. The topological polar surface area (TPSA) is 0 Å². The summed E-state index contributed by atoms with van der Waals surface area (Å²) in [7, 11) is 0. The predicted octanol–water partition coefficient (Wildman–Crippen LogP) is 11.1. The van der Waals surface area contributed by atoms with Crippen LogP contribution >= 0.6 is 0 Å². The van der Waals surface area contributed by atoms with Crippen LogP contribution in [0.25, 0.3) is 44.5 Å². The van der Waals surface area contributed by atoms with Crippen molar-refractivity contribution in [1.29, 1.82) is 0 Å². The van der Waals surface area contributed by atoms with E-state index in [0.717, 1.165) is 27.8 Å². The first-order valence-electron chi connectivity index (χ1n) is 14.7. The van der Waals surface area contributed by atoms with E-state index in [1.807, 2.05) is 0 Å². The molecule has 5 aromatic carbocycles. The second kappa shape index (κ2) is 8.52. The molecule has 0 spiro atoms.